The zero-order valence-electron chi connectivity index (χ0n) is 10.5. The van der Waals surface area contributed by atoms with Gasteiger partial charge in [-0.3, -0.25) is 0 Å². The Kier molecular flexibility index (Phi) is 6.11. The van der Waals surface area contributed by atoms with Crippen LogP contribution in [0.3, 0.4) is 0 Å². The van der Waals surface area contributed by atoms with E-state index in [0.717, 1.165) is 19.4 Å². The monoisotopic (exact) mass is 250 g/mol. The van der Waals surface area contributed by atoms with Crippen molar-refractivity contribution in [2.24, 2.45) is 0 Å². The molecule has 1 aliphatic heterocycles. The fourth-order valence-electron chi connectivity index (χ4n) is 1.74. The molecule has 4 nitrogen and oxygen atoms in total. The van der Waals surface area contributed by atoms with Crippen molar-refractivity contribution < 1.29 is 9.53 Å². The number of halogens is 1. The molecular weight excluding hydrogens is 228 g/mol. The number of carbonyl (C=O) groups excluding carboxylic acids is 1. The number of alkyl carbamates (subject to hydrolysis) is 1. The van der Waals surface area contributed by atoms with E-state index >= 15 is 0 Å². The van der Waals surface area contributed by atoms with Gasteiger partial charge in [-0.1, -0.05) is 0 Å². The summed E-state index contributed by atoms with van der Waals surface area (Å²) in [7, 11) is 0. The summed E-state index contributed by atoms with van der Waals surface area (Å²) in [5.74, 6) is 0. The van der Waals surface area contributed by atoms with E-state index in [9.17, 15) is 4.79 Å². The minimum absolute atomic E-state index is 0. The van der Waals surface area contributed by atoms with Crippen LogP contribution < -0.4 is 10.6 Å². The maximum Gasteiger partial charge on any atom is 0.407 e. The average Bonchev–Trinajstić information content (AvgIpc) is 1.99. The molecule has 1 amide bonds. The van der Waals surface area contributed by atoms with Crippen LogP contribution in [0.15, 0.2) is 0 Å². The Balaban J connectivity index is 0.00000225. The molecule has 96 valence electrons. The van der Waals surface area contributed by atoms with Crippen LogP contribution in [-0.2, 0) is 4.74 Å². The lowest BCUT2D eigenvalue weighted by Crippen LogP contribution is -2.47. The molecule has 1 rings (SSSR count). The van der Waals surface area contributed by atoms with Crippen molar-refractivity contribution >= 4 is 18.5 Å². The van der Waals surface area contributed by atoms with Gasteiger partial charge < -0.3 is 15.4 Å². The maximum absolute atomic E-state index is 11.5. The lowest BCUT2D eigenvalue weighted by molar-refractivity contribution is 0.0491. The second kappa shape index (κ2) is 6.30. The van der Waals surface area contributed by atoms with Gasteiger partial charge in [-0.05, 0) is 47.1 Å². The maximum atomic E-state index is 11.5. The number of rotatable bonds is 1. The largest absolute Gasteiger partial charge is 0.444 e. The third-order valence-corrected chi connectivity index (χ3v) is 2.34. The second-order valence-electron chi connectivity index (χ2n) is 5.22. The number of hydrogen-bond donors (Lipinski definition) is 2. The molecule has 0 bridgehead atoms. The minimum Gasteiger partial charge on any atom is -0.444 e. The first-order chi connectivity index (χ1) is 6.87. The molecule has 0 saturated carbocycles. The highest BCUT2D eigenvalue weighted by molar-refractivity contribution is 5.85. The first-order valence-electron chi connectivity index (χ1n) is 5.60. The van der Waals surface area contributed by atoms with Gasteiger partial charge in [0.2, 0.25) is 0 Å². The Morgan fingerprint density at radius 3 is 2.56 bits per heavy atom. The molecule has 1 saturated heterocycles. The molecular formula is C11H23ClN2O2. The van der Waals surface area contributed by atoms with Crippen molar-refractivity contribution in [2.75, 3.05) is 6.54 Å². The highest BCUT2D eigenvalue weighted by Gasteiger charge is 2.22. The number of hydrogen-bond acceptors (Lipinski definition) is 3. The van der Waals surface area contributed by atoms with Gasteiger partial charge in [0.25, 0.3) is 0 Å². The fraction of sp³-hybridized carbons (Fsp3) is 0.909. The van der Waals surface area contributed by atoms with Gasteiger partial charge in [0.05, 0.1) is 0 Å². The molecule has 2 unspecified atom stereocenters. The molecule has 0 radical (unpaired) electrons. The minimum atomic E-state index is -0.414. The van der Waals surface area contributed by atoms with Gasteiger partial charge in [0, 0.05) is 12.1 Å². The van der Waals surface area contributed by atoms with Crippen molar-refractivity contribution in [3.63, 3.8) is 0 Å². The fourth-order valence-corrected chi connectivity index (χ4v) is 1.74. The van der Waals surface area contributed by atoms with Crippen LogP contribution in [0, 0.1) is 0 Å². The first-order valence-corrected chi connectivity index (χ1v) is 5.60. The van der Waals surface area contributed by atoms with E-state index in [1.54, 1.807) is 0 Å². The van der Waals surface area contributed by atoms with E-state index in [4.69, 9.17) is 4.74 Å². The summed E-state index contributed by atoms with van der Waals surface area (Å²) in [6.07, 6.45) is 1.64. The normalized spacial score (nSPS) is 25.5. The molecule has 2 atom stereocenters. The summed E-state index contributed by atoms with van der Waals surface area (Å²) >= 11 is 0. The van der Waals surface area contributed by atoms with Crippen LogP contribution in [0.4, 0.5) is 4.79 Å². The standard InChI is InChI=1S/C11H22N2O2.ClH/c1-8-7-9(5-6-12-8)13-10(14)15-11(2,3)4;/h8-9,12H,5-7H2,1-4H3,(H,13,14);1H. The van der Waals surface area contributed by atoms with Crippen molar-refractivity contribution in [2.45, 2.75) is 58.2 Å². The molecule has 0 spiro atoms. The lowest BCUT2D eigenvalue weighted by Gasteiger charge is -2.29. The third-order valence-electron chi connectivity index (χ3n) is 2.34. The van der Waals surface area contributed by atoms with E-state index < -0.39 is 5.60 Å². The zero-order chi connectivity index (χ0) is 11.5. The summed E-state index contributed by atoms with van der Waals surface area (Å²) in [5, 5.41) is 6.25. The van der Waals surface area contributed by atoms with Gasteiger partial charge in [-0.25, -0.2) is 4.79 Å². The van der Waals surface area contributed by atoms with Crippen LogP contribution in [0.1, 0.15) is 40.5 Å². The molecule has 0 aromatic carbocycles. The molecule has 0 aromatic heterocycles. The van der Waals surface area contributed by atoms with Crippen LogP contribution in [-0.4, -0.2) is 30.3 Å². The van der Waals surface area contributed by atoms with Crippen molar-refractivity contribution in [3.8, 4) is 0 Å². The molecule has 1 aliphatic rings. The lowest BCUT2D eigenvalue weighted by atomic mass is 10.0. The molecule has 5 heteroatoms. The average molecular weight is 251 g/mol. The third kappa shape index (κ3) is 6.18. The molecule has 2 N–H and O–H groups in total. The van der Waals surface area contributed by atoms with Gasteiger partial charge >= 0.3 is 6.09 Å². The van der Waals surface area contributed by atoms with Crippen molar-refractivity contribution in [1.82, 2.24) is 10.6 Å². The Labute approximate surface area is 104 Å². The predicted octanol–water partition coefficient (Wildman–Crippen LogP) is 2.07. The number of amides is 1. The van der Waals surface area contributed by atoms with Crippen LogP contribution >= 0.6 is 12.4 Å². The highest BCUT2D eigenvalue weighted by atomic mass is 35.5. The highest BCUT2D eigenvalue weighted by Crippen LogP contribution is 2.11. The Hall–Kier alpha value is -0.480. The van der Waals surface area contributed by atoms with E-state index in [0.29, 0.717) is 6.04 Å². The summed E-state index contributed by atoms with van der Waals surface area (Å²) in [5.41, 5.74) is -0.414. The number of carbonyl (C=O) groups is 1. The molecule has 1 heterocycles. The smallest absolute Gasteiger partial charge is 0.407 e. The number of piperidine rings is 1. The second-order valence-corrected chi connectivity index (χ2v) is 5.22. The van der Waals surface area contributed by atoms with Gasteiger partial charge in [-0.2, -0.15) is 0 Å². The Morgan fingerprint density at radius 2 is 2.06 bits per heavy atom. The van der Waals surface area contributed by atoms with Crippen molar-refractivity contribution in [1.29, 1.82) is 0 Å². The summed E-state index contributed by atoms with van der Waals surface area (Å²) in [6.45, 7) is 8.71. The van der Waals surface area contributed by atoms with Gasteiger partial charge in [0.1, 0.15) is 5.60 Å². The summed E-state index contributed by atoms with van der Waals surface area (Å²) in [6, 6.07) is 0.717. The first kappa shape index (κ1) is 15.5. The van der Waals surface area contributed by atoms with Gasteiger partial charge in [0.15, 0.2) is 0 Å². The summed E-state index contributed by atoms with van der Waals surface area (Å²) < 4.78 is 5.21. The Bertz CT molecular complexity index is 229. The van der Waals surface area contributed by atoms with E-state index in [-0.39, 0.29) is 24.5 Å². The van der Waals surface area contributed by atoms with Crippen LogP contribution in [0.5, 0.6) is 0 Å². The number of nitrogens with one attached hydrogen (secondary N) is 2. The van der Waals surface area contributed by atoms with Crippen molar-refractivity contribution in [3.05, 3.63) is 0 Å². The van der Waals surface area contributed by atoms with Crippen LogP contribution in [0.25, 0.3) is 0 Å². The Morgan fingerprint density at radius 1 is 1.44 bits per heavy atom. The predicted molar refractivity (Wildman–Crippen MR) is 67.1 cm³/mol. The summed E-state index contributed by atoms with van der Waals surface area (Å²) in [4.78, 5) is 11.5. The van der Waals surface area contributed by atoms with E-state index in [1.165, 1.54) is 0 Å². The van der Waals surface area contributed by atoms with E-state index in [2.05, 4.69) is 17.6 Å². The SMILES string of the molecule is CC1CC(NC(=O)OC(C)(C)C)CCN1.Cl. The van der Waals surface area contributed by atoms with Crippen LogP contribution in [0.2, 0.25) is 0 Å². The van der Waals surface area contributed by atoms with Gasteiger partial charge in [-0.15, -0.1) is 12.4 Å². The topological polar surface area (TPSA) is 50.4 Å². The molecule has 0 aromatic rings. The van der Waals surface area contributed by atoms with E-state index in [1.807, 2.05) is 20.8 Å². The quantitative estimate of drug-likeness (QED) is 0.749. The number of ether oxygens (including phenoxy) is 1. The molecule has 0 aliphatic carbocycles. The molecule has 1 fully saturated rings. The zero-order valence-corrected chi connectivity index (χ0v) is 11.3. The molecule has 16 heavy (non-hydrogen) atoms.